The molecule has 2 nitrogen and oxygen atoms in total. The van der Waals surface area contributed by atoms with Crippen LogP contribution in [0.3, 0.4) is 0 Å². The maximum absolute atomic E-state index is 5.74. The van der Waals surface area contributed by atoms with Crippen molar-refractivity contribution in [3.63, 3.8) is 0 Å². The second-order valence-corrected chi connectivity index (χ2v) is 4.65. The SMILES string of the molecule is CC(C)(C)c1ccc2c(N)coc2c1. The predicted molar refractivity (Wildman–Crippen MR) is 59.3 cm³/mol. The van der Waals surface area contributed by atoms with E-state index in [1.165, 1.54) is 5.56 Å². The van der Waals surface area contributed by atoms with Crippen LogP contribution in [0.5, 0.6) is 0 Å². The van der Waals surface area contributed by atoms with Crippen molar-refractivity contribution in [1.82, 2.24) is 0 Å². The van der Waals surface area contributed by atoms with Gasteiger partial charge in [-0.25, -0.2) is 0 Å². The first-order chi connectivity index (χ1) is 6.48. The number of hydrogen-bond acceptors (Lipinski definition) is 2. The minimum absolute atomic E-state index is 0.149. The van der Waals surface area contributed by atoms with E-state index in [4.69, 9.17) is 10.2 Å². The van der Waals surface area contributed by atoms with Gasteiger partial charge in [-0.2, -0.15) is 0 Å². The first-order valence-corrected chi connectivity index (χ1v) is 4.76. The number of furan rings is 1. The van der Waals surface area contributed by atoms with Crippen molar-refractivity contribution >= 4 is 16.7 Å². The zero-order valence-corrected chi connectivity index (χ0v) is 8.79. The lowest BCUT2D eigenvalue weighted by Gasteiger charge is -2.18. The van der Waals surface area contributed by atoms with Gasteiger partial charge in [0, 0.05) is 5.39 Å². The topological polar surface area (TPSA) is 39.2 Å². The van der Waals surface area contributed by atoms with Crippen LogP contribution >= 0.6 is 0 Å². The van der Waals surface area contributed by atoms with Gasteiger partial charge in [0.2, 0.25) is 0 Å². The summed E-state index contributed by atoms with van der Waals surface area (Å²) in [7, 11) is 0. The zero-order valence-electron chi connectivity index (χ0n) is 8.79. The molecule has 1 aromatic carbocycles. The predicted octanol–water partition coefficient (Wildman–Crippen LogP) is 3.31. The Morgan fingerprint density at radius 3 is 2.57 bits per heavy atom. The fourth-order valence-electron chi connectivity index (χ4n) is 1.52. The molecule has 0 atom stereocenters. The maximum atomic E-state index is 5.74. The lowest BCUT2D eigenvalue weighted by molar-refractivity contribution is 0.583. The number of rotatable bonds is 0. The van der Waals surface area contributed by atoms with Gasteiger partial charge in [0.1, 0.15) is 11.8 Å². The van der Waals surface area contributed by atoms with Gasteiger partial charge in [0.05, 0.1) is 5.69 Å². The van der Waals surface area contributed by atoms with Gasteiger partial charge in [0.25, 0.3) is 0 Å². The molecule has 0 unspecified atom stereocenters. The number of benzene rings is 1. The van der Waals surface area contributed by atoms with Crippen molar-refractivity contribution in [2.75, 3.05) is 5.73 Å². The van der Waals surface area contributed by atoms with Crippen molar-refractivity contribution < 1.29 is 4.42 Å². The molecule has 0 aliphatic carbocycles. The quantitative estimate of drug-likeness (QED) is 0.690. The van der Waals surface area contributed by atoms with Gasteiger partial charge in [-0.05, 0) is 23.1 Å². The summed E-state index contributed by atoms with van der Waals surface area (Å²) >= 11 is 0. The van der Waals surface area contributed by atoms with Crippen molar-refractivity contribution in [3.8, 4) is 0 Å². The molecule has 0 saturated carbocycles. The highest BCUT2D eigenvalue weighted by molar-refractivity contribution is 5.89. The van der Waals surface area contributed by atoms with Crippen LogP contribution in [-0.2, 0) is 5.41 Å². The molecule has 0 spiro atoms. The highest BCUT2D eigenvalue weighted by atomic mass is 16.3. The van der Waals surface area contributed by atoms with Crippen LogP contribution in [-0.4, -0.2) is 0 Å². The summed E-state index contributed by atoms with van der Waals surface area (Å²) in [5.74, 6) is 0. The van der Waals surface area contributed by atoms with Gasteiger partial charge in [-0.15, -0.1) is 0 Å². The normalized spacial score (nSPS) is 12.2. The van der Waals surface area contributed by atoms with Crippen LogP contribution in [0.4, 0.5) is 5.69 Å². The summed E-state index contributed by atoms with van der Waals surface area (Å²) in [6.45, 7) is 6.54. The van der Waals surface area contributed by atoms with Crippen LogP contribution in [0.25, 0.3) is 11.0 Å². The van der Waals surface area contributed by atoms with Crippen LogP contribution < -0.4 is 5.73 Å². The minimum Gasteiger partial charge on any atom is -0.462 e. The summed E-state index contributed by atoms with van der Waals surface area (Å²) in [5, 5.41) is 0.998. The number of nitrogens with two attached hydrogens (primary N) is 1. The van der Waals surface area contributed by atoms with E-state index in [1.807, 2.05) is 6.07 Å². The lowest BCUT2D eigenvalue weighted by atomic mass is 9.87. The third kappa shape index (κ3) is 1.37. The first kappa shape index (κ1) is 9.13. The van der Waals surface area contributed by atoms with Crippen LogP contribution in [0, 0.1) is 0 Å². The molecule has 2 N–H and O–H groups in total. The maximum Gasteiger partial charge on any atom is 0.136 e. The molecule has 74 valence electrons. The Bertz CT molecular complexity index is 463. The standard InChI is InChI=1S/C12H15NO/c1-12(2,3)8-4-5-9-10(13)7-14-11(9)6-8/h4-7H,13H2,1-3H3. The highest BCUT2D eigenvalue weighted by Gasteiger charge is 2.15. The van der Waals surface area contributed by atoms with Crippen LogP contribution in [0.15, 0.2) is 28.9 Å². The molecule has 0 fully saturated rings. The molecule has 1 heterocycles. The van der Waals surface area contributed by atoms with Crippen LogP contribution in [0.1, 0.15) is 26.3 Å². The summed E-state index contributed by atoms with van der Waals surface area (Å²) in [5.41, 5.74) is 8.73. The minimum atomic E-state index is 0.149. The second kappa shape index (κ2) is 2.77. The fourth-order valence-corrected chi connectivity index (χ4v) is 1.52. The van der Waals surface area contributed by atoms with E-state index < -0.39 is 0 Å². The Morgan fingerprint density at radius 1 is 1.21 bits per heavy atom. The van der Waals surface area contributed by atoms with Crippen molar-refractivity contribution in [3.05, 3.63) is 30.0 Å². The Kier molecular flexibility index (Phi) is 1.81. The van der Waals surface area contributed by atoms with E-state index in [1.54, 1.807) is 6.26 Å². The summed E-state index contributed by atoms with van der Waals surface area (Å²) in [6.07, 6.45) is 1.59. The molecule has 2 rings (SSSR count). The highest BCUT2D eigenvalue weighted by Crippen LogP contribution is 2.29. The summed E-state index contributed by atoms with van der Waals surface area (Å²) in [4.78, 5) is 0. The summed E-state index contributed by atoms with van der Waals surface area (Å²) in [6, 6.07) is 6.19. The van der Waals surface area contributed by atoms with E-state index in [-0.39, 0.29) is 5.41 Å². The van der Waals surface area contributed by atoms with Crippen molar-refractivity contribution in [2.24, 2.45) is 0 Å². The molecule has 14 heavy (non-hydrogen) atoms. The Labute approximate surface area is 83.7 Å². The average Bonchev–Trinajstić information content (AvgIpc) is 2.46. The molecule has 0 aliphatic heterocycles. The van der Waals surface area contributed by atoms with E-state index in [0.29, 0.717) is 5.69 Å². The van der Waals surface area contributed by atoms with Crippen molar-refractivity contribution in [2.45, 2.75) is 26.2 Å². The molecule has 1 aromatic heterocycles. The largest absolute Gasteiger partial charge is 0.462 e. The molecule has 0 aliphatic rings. The molecular formula is C12H15NO. The van der Waals surface area contributed by atoms with E-state index in [2.05, 4.69) is 32.9 Å². The average molecular weight is 189 g/mol. The van der Waals surface area contributed by atoms with Gasteiger partial charge < -0.3 is 10.2 Å². The third-order valence-electron chi connectivity index (χ3n) is 2.47. The molecule has 0 bridgehead atoms. The van der Waals surface area contributed by atoms with E-state index in [9.17, 15) is 0 Å². The van der Waals surface area contributed by atoms with Gasteiger partial charge >= 0.3 is 0 Å². The molecule has 2 heteroatoms. The summed E-state index contributed by atoms with van der Waals surface area (Å²) < 4.78 is 5.36. The molecule has 2 aromatic rings. The molecular weight excluding hydrogens is 174 g/mol. The number of anilines is 1. The zero-order chi connectivity index (χ0) is 10.3. The molecule has 0 saturated heterocycles. The monoisotopic (exact) mass is 189 g/mol. The van der Waals surface area contributed by atoms with Gasteiger partial charge in [-0.3, -0.25) is 0 Å². The smallest absolute Gasteiger partial charge is 0.136 e. The lowest BCUT2D eigenvalue weighted by Crippen LogP contribution is -2.10. The van der Waals surface area contributed by atoms with Crippen LogP contribution in [0.2, 0.25) is 0 Å². The number of nitrogen functional groups attached to an aromatic ring is 1. The number of hydrogen-bond donors (Lipinski definition) is 1. The van der Waals surface area contributed by atoms with Crippen molar-refractivity contribution in [1.29, 1.82) is 0 Å². The molecule has 0 radical (unpaired) electrons. The Hall–Kier alpha value is -1.44. The first-order valence-electron chi connectivity index (χ1n) is 4.76. The Balaban J connectivity index is 2.63. The fraction of sp³-hybridized carbons (Fsp3) is 0.333. The third-order valence-corrected chi connectivity index (χ3v) is 2.47. The molecule has 0 amide bonds. The van der Waals surface area contributed by atoms with Gasteiger partial charge in [0.15, 0.2) is 0 Å². The second-order valence-electron chi connectivity index (χ2n) is 4.65. The van der Waals surface area contributed by atoms with E-state index >= 15 is 0 Å². The van der Waals surface area contributed by atoms with Gasteiger partial charge in [-0.1, -0.05) is 26.8 Å². The number of fused-ring (bicyclic) bond motifs is 1. The van der Waals surface area contributed by atoms with E-state index in [0.717, 1.165) is 11.0 Å². The Morgan fingerprint density at radius 2 is 1.93 bits per heavy atom.